The van der Waals surface area contributed by atoms with Gasteiger partial charge in [0.2, 0.25) is 5.91 Å². The van der Waals surface area contributed by atoms with Crippen LogP contribution in [0.15, 0.2) is 24.3 Å². The predicted molar refractivity (Wildman–Crippen MR) is 73.4 cm³/mol. The Hall–Kier alpha value is -1.35. The Labute approximate surface area is 109 Å². The van der Waals surface area contributed by atoms with Crippen LogP contribution in [0.3, 0.4) is 0 Å². The molecule has 0 heterocycles. The van der Waals surface area contributed by atoms with E-state index in [-0.39, 0.29) is 11.9 Å². The molecule has 1 fully saturated rings. The van der Waals surface area contributed by atoms with Gasteiger partial charge >= 0.3 is 0 Å². The maximum atomic E-state index is 11.8. The van der Waals surface area contributed by atoms with E-state index in [4.69, 9.17) is 0 Å². The second kappa shape index (κ2) is 6.01. The average molecular weight is 246 g/mol. The van der Waals surface area contributed by atoms with Crippen molar-refractivity contribution in [2.45, 2.75) is 45.2 Å². The highest BCUT2D eigenvalue weighted by Gasteiger charge is 2.20. The summed E-state index contributed by atoms with van der Waals surface area (Å²) in [5.74, 6) is 0.124. The molecular formula is C15H22N2O. The molecule has 3 heteroatoms. The smallest absolute Gasteiger partial charge is 0.221 e. The van der Waals surface area contributed by atoms with Crippen molar-refractivity contribution in [1.29, 1.82) is 0 Å². The standard InChI is InChI=1S/C15H22N2O/c1-11-5-3-4-6-14(11)12(2)17-15(18)9-10-16-13-7-8-13/h3-6,12-13,16H,7-10H2,1-2H3,(H,17,18)/t12-/m1/s1. The molecule has 1 atom stereocenters. The third kappa shape index (κ3) is 3.84. The van der Waals surface area contributed by atoms with Gasteiger partial charge in [-0.3, -0.25) is 4.79 Å². The average Bonchev–Trinajstić information content (AvgIpc) is 3.13. The van der Waals surface area contributed by atoms with Crippen molar-refractivity contribution in [3.8, 4) is 0 Å². The summed E-state index contributed by atoms with van der Waals surface area (Å²) in [5.41, 5.74) is 2.42. The van der Waals surface area contributed by atoms with Crippen LogP contribution in [0.25, 0.3) is 0 Å². The molecule has 1 amide bonds. The van der Waals surface area contributed by atoms with Crippen LogP contribution >= 0.6 is 0 Å². The van der Waals surface area contributed by atoms with E-state index in [0.29, 0.717) is 12.5 Å². The van der Waals surface area contributed by atoms with Gasteiger partial charge in [0.15, 0.2) is 0 Å². The molecule has 0 spiro atoms. The number of nitrogens with one attached hydrogen (secondary N) is 2. The summed E-state index contributed by atoms with van der Waals surface area (Å²) in [7, 11) is 0. The summed E-state index contributed by atoms with van der Waals surface area (Å²) < 4.78 is 0. The minimum absolute atomic E-state index is 0.0830. The lowest BCUT2D eigenvalue weighted by atomic mass is 10.0. The quantitative estimate of drug-likeness (QED) is 0.808. The maximum absolute atomic E-state index is 11.8. The SMILES string of the molecule is Cc1ccccc1[C@@H](C)NC(=O)CCNC1CC1. The molecule has 3 nitrogen and oxygen atoms in total. The minimum atomic E-state index is 0.0830. The van der Waals surface area contributed by atoms with Crippen molar-refractivity contribution < 1.29 is 4.79 Å². The van der Waals surface area contributed by atoms with Gasteiger partial charge in [-0.05, 0) is 37.8 Å². The third-order valence-corrected chi connectivity index (χ3v) is 3.39. The highest BCUT2D eigenvalue weighted by molar-refractivity contribution is 5.76. The fraction of sp³-hybridized carbons (Fsp3) is 0.533. The van der Waals surface area contributed by atoms with Crippen LogP contribution in [0, 0.1) is 6.92 Å². The maximum Gasteiger partial charge on any atom is 0.221 e. The van der Waals surface area contributed by atoms with Gasteiger partial charge in [0, 0.05) is 19.0 Å². The first-order valence-corrected chi connectivity index (χ1v) is 6.75. The van der Waals surface area contributed by atoms with Crippen LogP contribution in [-0.4, -0.2) is 18.5 Å². The van der Waals surface area contributed by atoms with E-state index in [1.54, 1.807) is 0 Å². The Balaban J connectivity index is 1.77. The molecule has 1 aliphatic rings. The van der Waals surface area contributed by atoms with Gasteiger partial charge in [0.1, 0.15) is 0 Å². The van der Waals surface area contributed by atoms with Crippen molar-refractivity contribution in [2.24, 2.45) is 0 Å². The number of rotatable bonds is 6. The summed E-state index contributed by atoms with van der Waals surface area (Å²) in [4.78, 5) is 11.8. The van der Waals surface area contributed by atoms with Crippen LogP contribution < -0.4 is 10.6 Å². The Morgan fingerprint density at radius 2 is 2.11 bits per heavy atom. The van der Waals surface area contributed by atoms with Crippen LogP contribution in [0.4, 0.5) is 0 Å². The molecule has 0 unspecified atom stereocenters. The van der Waals surface area contributed by atoms with Crippen molar-refractivity contribution >= 4 is 5.91 Å². The molecule has 98 valence electrons. The van der Waals surface area contributed by atoms with Crippen LogP contribution in [0.2, 0.25) is 0 Å². The zero-order valence-corrected chi connectivity index (χ0v) is 11.2. The predicted octanol–water partition coefficient (Wildman–Crippen LogP) is 2.31. The first-order chi connectivity index (χ1) is 8.66. The van der Waals surface area contributed by atoms with Crippen molar-refractivity contribution in [3.63, 3.8) is 0 Å². The molecule has 0 bridgehead atoms. The molecule has 1 aliphatic carbocycles. The summed E-state index contributed by atoms with van der Waals surface area (Å²) >= 11 is 0. The highest BCUT2D eigenvalue weighted by Crippen LogP contribution is 2.18. The Bertz CT molecular complexity index is 413. The van der Waals surface area contributed by atoms with E-state index < -0.39 is 0 Å². The first kappa shape index (κ1) is 13.1. The Morgan fingerprint density at radius 3 is 2.78 bits per heavy atom. The molecule has 0 aliphatic heterocycles. The van der Waals surface area contributed by atoms with Gasteiger partial charge in [-0.2, -0.15) is 0 Å². The van der Waals surface area contributed by atoms with Crippen molar-refractivity contribution in [2.75, 3.05) is 6.54 Å². The van der Waals surface area contributed by atoms with E-state index in [9.17, 15) is 4.79 Å². The second-order valence-electron chi connectivity index (χ2n) is 5.12. The summed E-state index contributed by atoms with van der Waals surface area (Å²) in [6.45, 7) is 4.90. The lowest BCUT2D eigenvalue weighted by Gasteiger charge is -2.16. The lowest BCUT2D eigenvalue weighted by Crippen LogP contribution is -2.30. The zero-order chi connectivity index (χ0) is 13.0. The third-order valence-electron chi connectivity index (χ3n) is 3.39. The van der Waals surface area contributed by atoms with E-state index >= 15 is 0 Å². The van der Waals surface area contributed by atoms with Gasteiger partial charge in [-0.15, -0.1) is 0 Å². The monoisotopic (exact) mass is 246 g/mol. The largest absolute Gasteiger partial charge is 0.350 e. The normalized spacial score (nSPS) is 16.3. The number of hydrogen-bond acceptors (Lipinski definition) is 2. The summed E-state index contributed by atoms with van der Waals surface area (Å²) in [6.07, 6.45) is 3.09. The number of benzene rings is 1. The van der Waals surface area contributed by atoms with E-state index in [2.05, 4.69) is 29.7 Å². The van der Waals surface area contributed by atoms with Crippen LogP contribution in [0.1, 0.15) is 43.4 Å². The fourth-order valence-corrected chi connectivity index (χ4v) is 2.14. The van der Waals surface area contributed by atoms with Gasteiger partial charge in [0.25, 0.3) is 0 Å². The van der Waals surface area contributed by atoms with E-state index in [1.165, 1.54) is 24.0 Å². The van der Waals surface area contributed by atoms with Crippen LogP contribution in [0.5, 0.6) is 0 Å². The number of hydrogen-bond donors (Lipinski definition) is 2. The highest BCUT2D eigenvalue weighted by atomic mass is 16.1. The second-order valence-corrected chi connectivity index (χ2v) is 5.12. The summed E-state index contributed by atoms with van der Waals surface area (Å²) in [5, 5.41) is 6.40. The van der Waals surface area contributed by atoms with Gasteiger partial charge < -0.3 is 10.6 Å². The van der Waals surface area contributed by atoms with Crippen molar-refractivity contribution in [1.82, 2.24) is 10.6 Å². The molecule has 0 radical (unpaired) electrons. The molecule has 1 aromatic rings. The topological polar surface area (TPSA) is 41.1 Å². The minimum Gasteiger partial charge on any atom is -0.350 e. The number of carbonyl (C=O) groups is 1. The molecule has 1 aromatic carbocycles. The Kier molecular flexibility index (Phi) is 4.37. The molecular weight excluding hydrogens is 224 g/mol. The van der Waals surface area contributed by atoms with Gasteiger partial charge in [0.05, 0.1) is 6.04 Å². The number of amides is 1. The van der Waals surface area contributed by atoms with Crippen molar-refractivity contribution in [3.05, 3.63) is 35.4 Å². The lowest BCUT2D eigenvalue weighted by molar-refractivity contribution is -0.121. The number of carbonyl (C=O) groups excluding carboxylic acids is 1. The van der Waals surface area contributed by atoms with E-state index in [0.717, 1.165) is 6.54 Å². The zero-order valence-electron chi connectivity index (χ0n) is 11.2. The van der Waals surface area contributed by atoms with E-state index in [1.807, 2.05) is 19.1 Å². The molecule has 1 saturated carbocycles. The van der Waals surface area contributed by atoms with Gasteiger partial charge in [-0.1, -0.05) is 24.3 Å². The summed E-state index contributed by atoms with van der Waals surface area (Å²) in [6, 6.07) is 8.94. The van der Waals surface area contributed by atoms with Crippen LogP contribution in [-0.2, 0) is 4.79 Å². The molecule has 0 aromatic heterocycles. The fourth-order valence-electron chi connectivity index (χ4n) is 2.14. The molecule has 0 saturated heterocycles. The molecule has 2 N–H and O–H groups in total. The van der Waals surface area contributed by atoms with Gasteiger partial charge in [-0.25, -0.2) is 0 Å². The molecule has 18 heavy (non-hydrogen) atoms. The number of aryl methyl sites for hydroxylation is 1. The first-order valence-electron chi connectivity index (χ1n) is 6.75. The Morgan fingerprint density at radius 1 is 1.39 bits per heavy atom. The molecule has 2 rings (SSSR count).